The predicted molar refractivity (Wildman–Crippen MR) is 71.1 cm³/mol. The van der Waals surface area contributed by atoms with E-state index >= 15 is 0 Å². The number of hydrogen-bond acceptors (Lipinski definition) is 4. The number of nitrogens with zero attached hydrogens (tertiary/aromatic N) is 2. The first kappa shape index (κ1) is 13.1. The Morgan fingerprint density at radius 2 is 2.16 bits per heavy atom. The van der Waals surface area contributed by atoms with Crippen molar-refractivity contribution in [3.05, 3.63) is 12.4 Å². The van der Waals surface area contributed by atoms with Crippen LogP contribution >= 0.6 is 0 Å². The molecule has 2 fully saturated rings. The van der Waals surface area contributed by atoms with Crippen molar-refractivity contribution in [3.63, 3.8) is 0 Å². The second-order valence-corrected chi connectivity index (χ2v) is 7.43. The summed E-state index contributed by atoms with van der Waals surface area (Å²) in [6, 6.07) is 0.292. The molecule has 1 aliphatic carbocycles. The molecule has 1 unspecified atom stereocenters. The molecular formula is C12H20N4O2S. The molecule has 7 heteroatoms. The molecule has 1 atom stereocenters. The average molecular weight is 284 g/mol. The topological polar surface area (TPSA) is 78.1 Å². The summed E-state index contributed by atoms with van der Waals surface area (Å²) >= 11 is 0. The standard InChI is InChI=1S/C12H20N4O2S/c17-19(18,12-6-14-15-7-12)16(8-10-3-4-10)9-11-2-1-5-13-11/h6-7,10-11,13H,1-5,8-9H2,(H,14,15). The average Bonchev–Trinajstić information content (AvgIpc) is 2.87. The Balaban J connectivity index is 1.76. The summed E-state index contributed by atoms with van der Waals surface area (Å²) in [7, 11) is -3.40. The summed E-state index contributed by atoms with van der Waals surface area (Å²) in [4.78, 5) is 0.270. The van der Waals surface area contributed by atoms with Gasteiger partial charge in [0.15, 0.2) is 0 Å². The normalized spacial score (nSPS) is 24.2. The van der Waals surface area contributed by atoms with Gasteiger partial charge in [-0.05, 0) is 38.1 Å². The lowest BCUT2D eigenvalue weighted by Crippen LogP contribution is -2.42. The lowest BCUT2D eigenvalue weighted by molar-refractivity contribution is 0.358. The molecule has 6 nitrogen and oxygen atoms in total. The van der Waals surface area contributed by atoms with E-state index < -0.39 is 10.0 Å². The van der Waals surface area contributed by atoms with Gasteiger partial charge in [0.25, 0.3) is 0 Å². The first-order chi connectivity index (χ1) is 9.16. The second-order valence-electron chi connectivity index (χ2n) is 5.49. The summed E-state index contributed by atoms with van der Waals surface area (Å²) in [6.45, 7) is 2.21. The predicted octanol–water partition coefficient (Wildman–Crippen LogP) is 0.562. The Morgan fingerprint density at radius 1 is 1.32 bits per heavy atom. The molecule has 19 heavy (non-hydrogen) atoms. The third-order valence-corrected chi connectivity index (χ3v) is 5.65. The van der Waals surface area contributed by atoms with E-state index in [1.54, 1.807) is 4.31 Å². The van der Waals surface area contributed by atoms with Crippen molar-refractivity contribution >= 4 is 10.0 Å². The zero-order chi connectivity index (χ0) is 13.3. The van der Waals surface area contributed by atoms with Gasteiger partial charge in [-0.15, -0.1) is 0 Å². The van der Waals surface area contributed by atoms with Crippen LogP contribution in [0.3, 0.4) is 0 Å². The molecule has 2 heterocycles. The Hall–Kier alpha value is -0.920. The Kier molecular flexibility index (Phi) is 3.60. The van der Waals surface area contributed by atoms with Crippen molar-refractivity contribution in [2.75, 3.05) is 19.6 Å². The van der Waals surface area contributed by atoms with Gasteiger partial charge < -0.3 is 5.32 Å². The number of sulfonamides is 1. The highest BCUT2D eigenvalue weighted by Gasteiger charge is 2.34. The lowest BCUT2D eigenvalue weighted by Gasteiger charge is -2.24. The highest BCUT2D eigenvalue weighted by molar-refractivity contribution is 7.89. The van der Waals surface area contributed by atoms with Crippen LogP contribution in [-0.4, -0.2) is 48.6 Å². The first-order valence-corrected chi connectivity index (χ1v) is 8.32. The van der Waals surface area contributed by atoms with Gasteiger partial charge in [-0.2, -0.15) is 9.40 Å². The summed E-state index contributed by atoms with van der Waals surface area (Å²) in [5.74, 6) is 0.545. The van der Waals surface area contributed by atoms with Crippen molar-refractivity contribution in [2.45, 2.75) is 36.6 Å². The van der Waals surface area contributed by atoms with Crippen LogP contribution in [0.4, 0.5) is 0 Å². The Bertz CT molecular complexity index is 504. The van der Waals surface area contributed by atoms with Crippen molar-refractivity contribution in [2.24, 2.45) is 5.92 Å². The van der Waals surface area contributed by atoms with Crippen LogP contribution in [-0.2, 0) is 10.0 Å². The fourth-order valence-corrected chi connectivity index (χ4v) is 4.02. The summed E-state index contributed by atoms with van der Waals surface area (Å²) in [5, 5.41) is 9.70. The van der Waals surface area contributed by atoms with E-state index in [2.05, 4.69) is 15.5 Å². The molecule has 1 aromatic rings. The third-order valence-electron chi connectivity index (χ3n) is 3.86. The molecule has 0 spiro atoms. The van der Waals surface area contributed by atoms with Crippen molar-refractivity contribution < 1.29 is 8.42 Å². The van der Waals surface area contributed by atoms with Crippen molar-refractivity contribution in [1.82, 2.24) is 19.8 Å². The molecule has 2 N–H and O–H groups in total. The van der Waals surface area contributed by atoms with Gasteiger partial charge in [0.1, 0.15) is 4.90 Å². The molecular weight excluding hydrogens is 264 g/mol. The summed E-state index contributed by atoms with van der Waals surface area (Å²) in [6.07, 6.45) is 7.33. The maximum absolute atomic E-state index is 12.6. The highest BCUT2D eigenvalue weighted by Crippen LogP contribution is 2.31. The van der Waals surface area contributed by atoms with Gasteiger partial charge in [-0.25, -0.2) is 8.42 Å². The molecule has 0 bridgehead atoms. The zero-order valence-electron chi connectivity index (χ0n) is 10.9. The summed E-state index contributed by atoms with van der Waals surface area (Å²) < 4.78 is 26.8. The van der Waals surface area contributed by atoms with Gasteiger partial charge in [-0.3, -0.25) is 5.10 Å². The first-order valence-electron chi connectivity index (χ1n) is 6.88. The molecule has 1 aromatic heterocycles. The maximum Gasteiger partial charge on any atom is 0.246 e. The monoisotopic (exact) mass is 284 g/mol. The fraction of sp³-hybridized carbons (Fsp3) is 0.750. The van der Waals surface area contributed by atoms with Gasteiger partial charge in [0.2, 0.25) is 10.0 Å². The van der Waals surface area contributed by atoms with Crippen LogP contribution in [0.15, 0.2) is 17.3 Å². The third kappa shape index (κ3) is 2.98. The summed E-state index contributed by atoms with van der Waals surface area (Å²) in [5.41, 5.74) is 0. The smallest absolute Gasteiger partial charge is 0.246 e. The molecule has 1 aliphatic heterocycles. The van der Waals surface area contributed by atoms with Crippen molar-refractivity contribution in [3.8, 4) is 0 Å². The number of H-pyrrole nitrogens is 1. The quantitative estimate of drug-likeness (QED) is 0.800. The van der Waals surface area contributed by atoms with Crippen molar-refractivity contribution in [1.29, 1.82) is 0 Å². The van der Waals surface area contributed by atoms with Gasteiger partial charge in [0.05, 0.1) is 6.20 Å². The van der Waals surface area contributed by atoms with Crippen LogP contribution in [0.25, 0.3) is 0 Å². The largest absolute Gasteiger partial charge is 0.313 e. The highest BCUT2D eigenvalue weighted by atomic mass is 32.2. The minimum absolute atomic E-state index is 0.270. The number of aromatic nitrogens is 2. The lowest BCUT2D eigenvalue weighted by atomic mass is 10.2. The number of nitrogens with one attached hydrogen (secondary N) is 2. The van der Waals surface area contributed by atoms with Gasteiger partial charge >= 0.3 is 0 Å². The van der Waals surface area contributed by atoms with E-state index in [-0.39, 0.29) is 4.90 Å². The molecule has 0 radical (unpaired) electrons. The van der Waals surface area contributed by atoms with Crippen LogP contribution in [0.2, 0.25) is 0 Å². The second kappa shape index (κ2) is 5.22. The van der Waals surface area contributed by atoms with Crippen LogP contribution < -0.4 is 5.32 Å². The molecule has 1 saturated carbocycles. The fourth-order valence-electron chi connectivity index (χ4n) is 2.55. The molecule has 106 valence electrons. The minimum Gasteiger partial charge on any atom is -0.313 e. The number of aromatic amines is 1. The van der Waals surface area contributed by atoms with E-state index in [0.29, 0.717) is 25.0 Å². The molecule has 3 rings (SSSR count). The van der Waals surface area contributed by atoms with E-state index in [1.807, 2.05) is 0 Å². The van der Waals surface area contributed by atoms with Crippen LogP contribution in [0.1, 0.15) is 25.7 Å². The molecule has 0 amide bonds. The molecule has 2 aliphatic rings. The Morgan fingerprint density at radius 3 is 2.74 bits per heavy atom. The van der Waals surface area contributed by atoms with E-state index in [4.69, 9.17) is 0 Å². The molecule has 1 saturated heterocycles. The van der Waals surface area contributed by atoms with E-state index in [1.165, 1.54) is 12.4 Å². The van der Waals surface area contributed by atoms with Crippen LogP contribution in [0, 0.1) is 5.92 Å². The van der Waals surface area contributed by atoms with E-state index in [0.717, 1.165) is 32.2 Å². The van der Waals surface area contributed by atoms with Gasteiger partial charge in [0, 0.05) is 25.3 Å². The van der Waals surface area contributed by atoms with E-state index in [9.17, 15) is 8.42 Å². The van der Waals surface area contributed by atoms with Crippen LogP contribution in [0.5, 0.6) is 0 Å². The maximum atomic E-state index is 12.6. The van der Waals surface area contributed by atoms with Gasteiger partial charge in [-0.1, -0.05) is 0 Å². The zero-order valence-corrected chi connectivity index (χ0v) is 11.7. The Labute approximate surface area is 113 Å². The minimum atomic E-state index is -3.40. The number of rotatable bonds is 6. The molecule has 0 aromatic carbocycles. The number of hydrogen-bond donors (Lipinski definition) is 2. The SMILES string of the molecule is O=S(=O)(c1cn[nH]c1)N(CC1CC1)CC1CCCN1.